The van der Waals surface area contributed by atoms with Gasteiger partial charge in [0.1, 0.15) is 18.3 Å². The summed E-state index contributed by atoms with van der Waals surface area (Å²) in [6.45, 7) is -6.90. The fourth-order valence-electron chi connectivity index (χ4n) is 2.62. The first-order chi connectivity index (χ1) is 12.7. The highest BCUT2D eigenvalue weighted by atomic mass is 32.5. The number of hydrogen-bond acceptors (Lipinski definition) is 8. The van der Waals surface area contributed by atoms with E-state index in [1.807, 2.05) is 70.4 Å². The van der Waals surface area contributed by atoms with Gasteiger partial charge >= 0.3 is 0 Å². The predicted molar refractivity (Wildman–Crippen MR) is 124 cm³/mol. The summed E-state index contributed by atoms with van der Waals surface area (Å²) in [4.78, 5) is 0. The molecule has 0 saturated carbocycles. The van der Waals surface area contributed by atoms with Gasteiger partial charge < -0.3 is 22.6 Å². The maximum Gasteiger partial charge on any atom is 0.264 e. The van der Waals surface area contributed by atoms with Crippen LogP contribution in [-0.4, -0.2) is 107 Å². The lowest BCUT2D eigenvalue weighted by atomic mass is 10.1. The second-order valence-electron chi connectivity index (χ2n) is 7.27. The van der Waals surface area contributed by atoms with Gasteiger partial charge in [0.2, 0.25) is 6.57 Å². The summed E-state index contributed by atoms with van der Waals surface area (Å²) in [5, 5.41) is 0. The Morgan fingerprint density at radius 1 is 0.893 bits per heavy atom. The summed E-state index contributed by atoms with van der Waals surface area (Å²) in [6, 6.07) is 0. The van der Waals surface area contributed by atoms with Gasteiger partial charge in [0.25, 0.3) is 13.3 Å². The summed E-state index contributed by atoms with van der Waals surface area (Å²) in [7, 11) is 15.0. The first-order valence-electron chi connectivity index (χ1n) is 8.61. The van der Waals surface area contributed by atoms with Crippen molar-refractivity contribution in [3.8, 4) is 0 Å². The van der Waals surface area contributed by atoms with Crippen molar-refractivity contribution in [2.24, 2.45) is 0 Å². The van der Waals surface area contributed by atoms with Gasteiger partial charge in [-0.1, -0.05) is 0 Å². The molecule has 5 atom stereocenters. The summed E-state index contributed by atoms with van der Waals surface area (Å²) >= 11 is 17.0. The van der Waals surface area contributed by atoms with Crippen molar-refractivity contribution in [3.63, 3.8) is 0 Å². The third kappa shape index (κ3) is 5.31. The van der Waals surface area contributed by atoms with Crippen LogP contribution in [0.25, 0.3) is 0 Å². The number of rotatable bonds is 8. The van der Waals surface area contributed by atoms with E-state index in [2.05, 4.69) is 0 Å². The van der Waals surface area contributed by atoms with Crippen LogP contribution in [0.5, 0.6) is 0 Å². The summed E-state index contributed by atoms with van der Waals surface area (Å²) in [6.07, 6.45) is -1.23. The van der Waals surface area contributed by atoms with Gasteiger partial charge in [0.15, 0.2) is 0 Å². The topological polar surface area (TPSA) is 59.1 Å². The molecule has 2 rings (SSSR count). The zero-order chi connectivity index (χ0) is 21.5. The SMILES string of the molecule is CN(C)P1(=S)OCC(C2OP(=S)(N(C)C)OC2COP(=S)(N(C)C)N(C)C)O1. The molecule has 5 unspecified atom stereocenters. The van der Waals surface area contributed by atoms with E-state index >= 15 is 0 Å². The highest BCUT2D eigenvalue weighted by molar-refractivity contribution is 8.10. The minimum atomic E-state index is -2.63. The van der Waals surface area contributed by atoms with Crippen molar-refractivity contribution in [1.29, 1.82) is 0 Å². The molecule has 2 aliphatic rings. The van der Waals surface area contributed by atoms with E-state index < -0.39 is 32.1 Å². The monoisotopic (exact) mass is 512 g/mol. The zero-order valence-electron chi connectivity index (χ0n) is 17.5. The van der Waals surface area contributed by atoms with E-state index in [-0.39, 0.29) is 12.7 Å². The molecule has 0 spiro atoms. The van der Waals surface area contributed by atoms with Crippen molar-refractivity contribution in [3.05, 3.63) is 0 Å². The Labute approximate surface area is 184 Å². The van der Waals surface area contributed by atoms with Crippen molar-refractivity contribution in [2.45, 2.75) is 18.3 Å². The fourth-order valence-corrected chi connectivity index (χ4v) is 8.33. The largest absolute Gasteiger partial charge is 0.324 e. The van der Waals surface area contributed by atoms with E-state index in [0.717, 1.165) is 0 Å². The maximum absolute atomic E-state index is 6.21. The average molecular weight is 513 g/mol. The molecule has 2 saturated heterocycles. The Bertz CT molecular complexity index is 699. The molecule has 28 heavy (non-hydrogen) atoms. The average Bonchev–Trinajstić information content (AvgIpc) is 3.14. The van der Waals surface area contributed by atoms with Crippen molar-refractivity contribution < 1.29 is 22.6 Å². The smallest absolute Gasteiger partial charge is 0.264 e. The van der Waals surface area contributed by atoms with Crippen molar-refractivity contribution >= 4 is 55.3 Å². The van der Waals surface area contributed by atoms with Crippen molar-refractivity contribution in [2.75, 3.05) is 69.6 Å². The first-order valence-corrected chi connectivity index (χ1v) is 16.4. The molecule has 0 aromatic rings. The second kappa shape index (κ2) is 9.61. The molecule has 2 fully saturated rings. The molecule has 0 amide bonds. The highest BCUT2D eigenvalue weighted by Gasteiger charge is 2.51. The molecule has 2 aliphatic heterocycles. The molecule has 166 valence electrons. The van der Waals surface area contributed by atoms with E-state index in [0.29, 0.717) is 6.61 Å². The van der Waals surface area contributed by atoms with Crippen LogP contribution in [-0.2, 0) is 58.0 Å². The maximum atomic E-state index is 6.21. The van der Waals surface area contributed by atoms with E-state index in [1.165, 1.54) is 0 Å². The zero-order valence-corrected chi connectivity index (χ0v) is 22.7. The molecule has 0 aromatic heterocycles. The Balaban J connectivity index is 2.21. The van der Waals surface area contributed by atoms with E-state index in [9.17, 15) is 0 Å². The standard InChI is InChI=1S/C13H31N4O5P3S3/c1-14(2)23(26,15(3)4)18-9-11-13(22-25(28,21-11)17(7)8)12-10-19-24(27,20-12)16(5)6/h11-13H,9-10H2,1-8H3. The van der Waals surface area contributed by atoms with Gasteiger partial charge in [0, 0.05) is 0 Å². The van der Waals surface area contributed by atoms with Gasteiger partial charge in [-0.3, -0.25) is 0 Å². The van der Waals surface area contributed by atoms with Gasteiger partial charge in [-0.15, -0.1) is 0 Å². The summed E-state index contributed by atoms with van der Waals surface area (Å²) in [5.41, 5.74) is 0. The van der Waals surface area contributed by atoms with Crippen LogP contribution >= 0.6 is 19.9 Å². The summed E-state index contributed by atoms with van der Waals surface area (Å²) in [5.74, 6) is 0. The lowest BCUT2D eigenvalue weighted by Crippen LogP contribution is -2.39. The van der Waals surface area contributed by atoms with Crippen molar-refractivity contribution in [1.82, 2.24) is 18.7 Å². The quantitative estimate of drug-likeness (QED) is 0.448. The molecule has 0 bridgehead atoms. The lowest BCUT2D eigenvalue weighted by molar-refractivity contribution is 0.0262. The molecular weight excluding hydrogens is 481 g/mol. The van der Waals surface area contributed by atoms with Crippen LogP contribution in [0.3, 0.4) is 0 Å². The Hall–Kier alpha value is 1.59. The number of hydrogen-bond donors (Lipinski definition) is 0. The molecule has 0 aromatic carbocycles. The van der Waals surface area contributed by atoms with Gasteiger partial charge in [-0.25, -0.2) is 18.7 Å². The van der Waals surface area contributed by atoms with Crippen LogP contribution in [0, 0.1) is 0 Å². The Kier molecular flexibility index (Phi) is 8.87. The van der Waals surface area contributed by atoms with Crippen LogP contribution in [0.15, 0.2) is 0 Å². The lowest BCUT2D eigenvalue weighted by Gasteiger charge is -2.35. The molecule has 0 aliphatic carbocycles. The molecule has 0 radical (unpaired) electrons. The normalized spacial score (nSPS) is 37.1. The van der Waals surface area contributed by atoms with Crippen LogP contribution in [0.2, 0.25) is 0 Å². The third-order valence-electron chi connectivity index (χ3n) is 4.32. The molecule has 9 nitrogen and oxygen atoms in total. The molecular formula is C13H31N4O5P3S3. The van der Waals surface area contributed by atoms with Gasteiger partial charge in [-0.2, -0.15) is 0 Å². The van der Waals surface area contributed by atoms with Crippen LogP contribution < -0.4 is 0 Å². The third-order valence-corrected chi connectivity index (χ3v) is 16.2. The number of nitrogens with zero attached hydrogens (tertiary/aromatic N) is 4. The second-order valence-corrected chi connectivity index (χ2v) is 18.7. The highest BCUT2D eigenvalue weighted by Crippen LogP contribution is 2.63. The van der Waals surface area contributed by atoms with Crippen LogP contribution in [0.1, 0.15) is 0 Å². The molecule has 15 heteroatoms. The van der Waals surface area contributed by atoms with E-state index in [1.54, 1.807) is 4.67 Å². The van der Waals surface area contributed by atoms with Gasteiger partial charge in [-0.05, 0) is 91.8 Å². The molecule has 2 heterocycles. The fraction of sp³-hybridized carbons (Fsp3) is 1.00. The van der Waals surface area contributed by atoms with Gasteiger partial charge in [0.05, 0.1) is 13.2 Å². The summed E-state index contributed by atoms with van der Waals surface area (Å²) < 4.78 is 38.0. The minimum Gasteiger partial charge on any atom is -0.324 e. The predicted octanol–water partition coefficient (Wildman–Crippen LogP) is 2.12. The Morgan fingerprint density at radius 2 is 1.43 bits per heavy atom. The minimum absolute atomic E-state index is 0.245. The van der Waals surface area contributed by atoms with E-state index in [4.69, 9.17) is 58.0 Å². The first kappa shape index (κ1) is 25.8. The Morgan fingerprint density at radius 3 is 1.86 bits per heavy atom. The van der Waals surface area contributed by atoms with Crippen LogP contribution in [0.4, 0.5) is 0 Å². The molecule has 0 N–H and O–H groups in total.